The van der Waals surface area contributed by atoms with E-state index < -0.39 is 5.82 Å². The Morgan fingerprint density at radius 2 is 2.06 bits per heavy atom. The number of methoxy groups -OCH3 is 1. The summed E-state index contributed by atoms with van der Waals surface area (Å²) in [6.45, 7) is 0. The molecule has 17 heavy (non-hydrogen) atoms. The number of halogens is 1. The summed E-state index contributed by atoms with van der Waals surface area (Å²) in [5, 5.41) is 0. The first kappa shape index (κ1) is 12.2. The first-order chi connectivity index (χ1) is 8.19. The molecule has 0 radical (unpaired) electrons. The standard InChI is InChI=1S/C13H18FNO2/c1-16-10-3-2-4-11(8-10)17-13-6-5-9(15)7-12(13)14/h5-7,10-11H,2-4,8,15H2,1H3. The van der Waals surface area contributed by atoms with Gasteiger partial charge in [-0.3, -0.25) is 0 Å². The van der Waals surface area contributed by atoms with Crippen molar-refractivity contribution in [1.29, 1.82) is 0 Å². The molecule has 0 bridgehead atoms. The highest BCUT2D eigenvalue weighted by atomic mass is 19.1. The zero-order chi connectivity index (χ0) is 12.3. The summed E-state index contributed by atoms with van der Waals surface area (Å²) in [5.41, 5.74) is 5.90. The van der Waals surface area contributed by atoms with E-state index in [-0.39, 0.29) is 18.0 Å². The Morgan fingerprint density at radius 1 is 1.29 bits per heavy atom. The van der Waals surface area contributed by atoms with Gasteiger partial charge in [-0.1, -0.05) is 0 Å². The summed E-state index contributed by atoms with van der Waals surface area (Å²) in [6.07, 6.45) is 4.14. The summed E-state index contributed by atoms with van der Waals surface area (Å²) >= 11 is 0. The normalized spacial score (nSPS) is 24.6. The Labute approximate surface area is 101 Å². The second-order valence-corrected chi connectivity index (χ2v) is 4.45. The number of nitrogen functional groups attached to an aromatic ring is 1. The largest absolute Gasteiger partial charge is 0.487 e. The van der Waals surface area contributed by atoms with Crippen LogP contribution in [0.4, 0.5) is 10.1 Å². The molecule has 2 N–H and O–H groups in total. The van der Waals surface area contributed by atoms with Crippen molar-refractivity contribution in [2.45, 2.75) is 37.9 Å². The van der Waals surface area contributed by atoms with Crippen molar-refractivity contribution in [1.82, 2.24) is 0 Å². The summed E-state index contributed by atoms with van der Waals surface area (Å²) in [4.78, 5) is 0. The third kappa shape index (κ3) is 3.09. The zero-order valence-electron chi connectivity index (χ0n) is 9.99. The Hall–Kier alpha value is -1.29. The average Bonchev–Trinajstić information content (AvgIpc) is 2.33. The monoisotopic (exact) mass is 239 g/mol. The van der Waals surface area contributed by atoms with Crippen LogP contribution in [0, 0.1) is 5.82 Å². The number of hydrogen-bond donors (Lipinski definition) is 1. The van der Waals surface area contributed by atoms with Crippen molar-refractivity contribution in [3.05, 3.63) is 24.0 Å². The molecule has 0 heterocycles. The number of hydrogen-bond acceptors (Lipinski definition) is 3. The molecule has 1 fully saturated rings. The third-order valence-corrected chi connectivity index (χ3v) is 3.16. The molecule has 1 aromatic rings. The molecule has 2 unspecified atom stereocenters. The predicted molar refractivity (Wildman–Crippen MR) is 64.5 cm³/mol. The molecular formula is C13H18FNO2. The SMILES string of the molecule is COC1CCCC(Oc2ccc(N)cc2F)C1. The molecule has 2 atom stereocenters. The van der Waals surface area contributed by atoms with Gasteiger partial charge in [0.15, 0.2) is 11.6 Å². The molecule has 1 saturated carbocycles. The van der Waals surface area contributed by atoms with Gasteiger partial charge in [-0.25, -0.2) is 4.39 Å². The van der Waals surface area contributed by atoms with E-state index in [1.54, 1.807) is 19.2 Å². The molecule has 1 aliphatic rings. The van der Waals surface area contributed by atoms with Gasteiger partial charge >= 0.3 is 0 Å². The lowest BCUT2D eigenvalue weighted by Gasteiger charge is -2.28. The van der Waals surface area contributed by atoms with Gasteiger partial charge in [0.25, 0.3) is 0 Å². The number of rotatable bonds is 3. The lowest BCUT2D eigenvalue weighted by Crippen LogP contribution is -2.29. The maximum Gasteiger partial charge on any atom is 0.167 e. The summed E-state index contributed by atoms with van der Waals surface area (Å²) in [7, 11) is 1.71. The van der Waals surface area contributed by atoms with Crippen LogP contribution in [0.15, 0.2) is 18.2 Å². The van der Waals surface area contributed by atoms with Gasteiger partial charge in [-0.2, -0.15) is 0 Å². The Bertz CT molecular complexity index is 384. The minimum Gasteiger partial charge on any atom is -0.487 e. The predicted octanol–water partition coefficient (Wildman–Crippen LogP) is 2.74. The van der Waals surface area contributed by atoms with Crippen molar-refractivity contribution in [2.75, 3.05) is 12.8 Å². The Morgan fingerprint density at radius 3 is 2.76 bits per heavy atom. The van der Waals surface area contributed by atoms with E-state index in [4.69, 9.17) is 15.2 Å². The van der Waals surface area contributed by atoms with Gasteiger partial charge in [0.2, 0.25) is 0 Å². The fraction of sp³-hybridized carbons (Fsp3) is 0.538. The molecule has 0 amide bonds. The van der Waals surface area contributed by atoms with Crippen LogP contribution in [0.5, 0.6) is 5.75 Å². The molecule has 3 nitrogen and oxygen atoms in total. The molecule has 4 heteroatoms. The van der Waals surface area contributed by atoms with E-state index in [2.05, 4.69) is 0 Å². The highest BCUT2D eigenvalue weighted by molar-refractivity contribution is 5.42. The van der Waals surface area contributed by atoms with Crippen LogP contribution in [-0.2, 0) is 4.74 Å². The molecule has 1 aromatic carbocycles. The average molecular weight is 239 g/mol. The highest BCUT2D eigenvalue weighted by Crippen LogP contribution is 2.27. The maximum atomic E-state index is 13.5. The van der Waals surface area contributed by atoms with Gasteiger partial charge < -0.3 is 15.2 Å². The van der Waals surface area contributed by atoms with Crippen LogP contribution >= 0.6 is 0 Å². The quantitative estimate of drug-likeness (QED) is 0.825. The van der Waals surface area contributed by atoms with E-state index in [1.165, 1.54) is 6.07 Å². The van der Waals surface area contributed by atoms with Crippen LogP contribution in [-0.4, -0.2) is 19.3 Å². The number of anilines is 1. The number of benzene rings is 1. The van der Waals surface area contributed by atoms with E-state index in [0.29, 0.717) is 5.69 Å². The van der Waals surface area contributed by atoms with Gasteiger partial charge in [-0.05, 0) is 31.4 Å². The van der Waals surface area contributed by atoms with Gasteiger partial charge in [-0.15, -0.1) is 0 Å². The fourth-order valence-electron chi connectivity index (χ4n) is 2.22. The van der Waals surface area contributed by atoms with Gasteiger partial charge in [0.1, 0.15) is 6.10 Å². The van der Waals surface area contributed by atoms with Crippen LogP contribution in [0.3, 0.4) is 0 Å². The van der Waals surface area contributed by atoms with E-state index in [0.717, 1.165) is 25.7 Å². The van der Waals surface area contributed by atoms with Gasteiger partial charge in [0, 0.05) is 25.3 Å². The molecule has 0 spiro atoms. The van der Waals surface area contributed by atoms with E-state index >= 15 is 0 Å². The van der Waals surface area contributed by atoms with Crippen molar-refractivity contribution in [3.8, 4) is 5.75 Å². The summed E-state index contributed by atoms with van der Waals surface area (Å²) in [6, 6.07) is 4.52. The van der Waals surface area contributed by atoms with Crippen LogP contribution in [0.1, 0.15) is 25.7 Å². The second kappa shape index (κ2) is 5.36. The van der Waals surface area contributed by atoms with Crippen molar-refractivity contribution in [2.24, 2.45) is 0 Å². The van der Waals surface area contributed by atoms with Crippen molar-refractivity contribution < 1.29 is 13.9 Å². The summed E-state index contributed by atoms with van der Waals surface area (Å²) in [5.74, 6) is -0.120. The summed E-state index contributed by atoms with van der Waals surface area (Å²) < 4.78 is 24.5. The molecule has 0 aromatic heterocycles. The smallest absolute Gasteiger partial charge is 0.167 e. The second-order valence-electron chi connectivity index (χ2n) is 4.45. The maximum absolute atomic E-state index is 13.5. The van der Waals surface area contributed by atoms with E-state index in [9.17, 15) is 4.39 Å². The van der Waals surface area contributed by atoms with Crippen molar-refractivity contribution in [3.63, 3.8) is 0 Å². The Kier molecular flexibility index (Phi) is 3.84. The van der Waals surface area contributed by atoms with Crippen LogP contribution < -0.4 is 10.5 Å². The van der Waals surface area contributed by atoms with Gasteiger partial charge in [0.05, 0.1) is 6.10 Å². The molecule has 0 aliphatic heterocycles. The fourth-order valence-corrected chi connectivity index (χ4v) is 2.22. The topological polar surface area (TPSA) is 44.5 Å². The first-order valence-corrected chi connectivity index (χ1v) is 5.93. The minimum atomic E-state index is -0.399. The first-order valence-electron chi connectivity index (χ1n) is 5.93. The molecule has 0 saturated heterocycles. The molecule has 1 aliphatic carbocycles. The van der Waals surface area contributed by atoms with Crippen molar-refractivity contribution >= 4 is 5.69 Å². The lowest BCUT2D eigenvalue weighted by molar-refractivity contribution is 0.0197. The highest BCUT2D eigenvalue weighted by Gasteiger charge is 2.23. The van der Waals surface area contributed by atoms with Crippen LogP contribution in [0.25, 0.3) is 0 Å². The molecule has 94 valence electrons. The zero-order valence-corrected chi connectivity index (χ0v) is 9.99. The lowest BCUT2D eigenvalue weighted by atomic mass is 9.95. The number of ether oxygens (including phenoxy) is 2. The molecular weight excluding hydrogens is 221 g/mol. The third-order valence-electron chi connectivity index (χ3n) is 3.16. The van der Waals surface area contributed by atoms with E-state index in [1.807, 2.05) is 0 Å². The number of nitrogens with two attached hydrogens (primary N) is 1. The molecule has 2 rings (SSSR count). The minimum absolute atomic E-state index is 0.0341. The Balaban J connectivity index is 2.00. The van der Waals surface area contributed by atoms with Crippen LogP contribution in [0.2, 0.25) is 0 Å².